The van der Waals surface area contributed by atoms with Gasteiger partial charge in [0.05, 0.1) is 25.3 Å². The minimum atomic E-state index is -0.168. The summed E-state index contributed by atoms with van der Waals surface area (Å²) < 4.78 is 7.20. The van der Waals surface area contributed by atoms with Gasteiger partial charge in [-0.05, 0) is 63.3 Å². The van der Waals surface area contributed by atoms with Crippen LogP contribution in [0.5, 0.6) is 0 Å². The number of hydrogen-bond donors (Lipinski definition) is 2. The number of nitrogens with zero attached hydrogens (tertiary/aromatic N) is 3. The van der Waals surface area contributed by atoms with Crippen molar-refractivity contribution >= 4 is 24.1 Å². The molecule has 0 radical (unpaired) electrons. The number of rotatable bonds is 7. The molecule has 8 nitrogen and oxygen atoms in total. The molecule has 34 heavy (non-hydrogen) atoms. The molecule has 1 saturated heterocycles. The third kappa shape index (κ3) is 5.32. The fraction of sp³-hybridized carbons (Fsp3) is 0.615. The van der Waals surface area contributed by atoms with E-state index in [0.717, 1.165) is 48.9 Å². The van der Waals surface area contributed by atoms with Crippen LogP contribution in [-0.4, -0.2) is 47.6 Å². The average Bonchev–Trinajstić information content (AvgIpc) is 3.24. The van der Waals surface area contributed by atoms with Crippen molar-refractivity contribution in [3.63, 3.8) is 0 Å². The van der Waals surface area contributed by atoms with Crippen LogP contribution in [0.1, 0.15) is 64.6 Å². The molecule has 0 unspecified atom stereocenters. The zero-order valence-corrected chi connectivity index (χ0v) is 20.8. The molecular weight excluding hydrogens is 430 g/mol. The van der Waals surface area contributed by atoms with Crippen LogP contribution in [0.4, 0.5) is 0 Å². The third-order valence-electron chi connectivity index (χ3n) is 7.10. The summed E-state index contributed by atoms with van der Waals surface area (Å²) in [7, 11) is 0. The Labute approximate surface area is 201 Å². The maximum absolute atomic E-state index is 13.1. The molecule has 0 spiro atoms. The van der Waals surface area contributed by atoms with Gasteiger partial charge in [-0.15, -0.1) is 0 Å². The van der Waals surface area contributed by atoms with Crippen molar-refractivity contribution in [2.24, 2.45) is 22.2 Å². The summed E-state index contributed by atoms with van der Waals surface area (Å²) >= 11 is 0. The summed E-state index contributed by atoms with van der Waals surface area (Å²) in [5, 5.41) is 10.7. The van der Waals surface area contributed by atoms with E-state index in [1.807, 2.05) is 12.3 Å². The number of carbonyl (C=O) groups is 2. The second-order valence-corrected chi connectivity index (χ2v) is 10.9. The highest BCUT2D eigenvalue weighted by Gasteiger charge is 2.33. The Hall–Kier alpha value is -2.74. The molecule has 1 aliphatic carbocycles. The van der Waals surface area contributed by atoms with Gasteiger partial charge in [-0.3, -0.25) is 14.3 Å². The van der Waals surface area contributed by atoms with Crippen molar-refractivity contribution in [2.45, 2.75) is 72.4 Å². The van der Waals surface area contributed by atoms with Crippen molar-refractivity contribution in [3.8, 4) is 0 Å². The fourth-order valence-corrected chi connectivity index (χ4v) is 5.12. The molecule has 0 aromatic carbocycles. The zero-order valence-electron chi connectivity index (χ0n) is 20.8. The molecule has 3 heterocycles. The van der Waals surface area contributed by atoms with Crippen LogP contribution in [0, 0.1) is 17.3 Å². The predicted octanol–water partition coefficient (Wildman–Crippen LogP) is 3.24. The van der Waals surface area contributed by atoms with Gasteiger partial charge in [-0.25, -0.2) is 4.99 Å². The van der Waals surface area contributed by atoms with E-state index < -0.39 is 0 Å². The average molecular weight is 468 g/mol. The number of carbonyl (C=O) groups excluding carboxylic acids is 2. The van der Waals surface area contributed by atoms with E-state index in [-0.39, 0.29) is 35.1 Å². The number of aromatic nitrogens is 2. The Morgan fingerprint density at radius 2 is 2.00 bits per heavy atom. The lowest BCUT2D eigenvalue weighted by atomic mass is 9.84. The molecule has 0 bridgehead atoms. The first-order valence-corrected chi connectivity index (χ1v) is 12.3. The van der Waals surface area contributed by atoms with Crippen molar-refractivity contribution < 1.29 is 14.3 Å². The van der Waals surface area contributed by atoms with Gasteiger partial charge >= 0.3 is 0 Å². The molecule has 3 aliphatic rings. The Bertz CT molecular complexity index is 1030. The Balaban J connectivity index is 1.44. The van der Waals surface area contributed by atoms with E-state index in [4.69, 9.17) is 4.74 Å². The summed E-state index contributed by atoms with van der Waals surface area (Å²) in [5.74, 6) is 0.191. The van der Waals surface area contributed by atoms with Crippen LogP contribution in [-0.2, 0) is 27.3 Å². The highest BCUT2D eigenvalue weighted by molar-refractivity contribution is 5.84. The maximum atomic E-state index is 13.1. The highest BCUT2D eigenvalue weighted by Crippen LogP contribution is 2.36. The van der Waals surface area contributed by atoms with E-state index in [2.05, 4.69) is 59.8 Å². The summed E-state index contributed by atoms with van der Waals surface area (Å²) in [4.78, 5) is 29.5. The summed E-state index contributed by atoms with van der Waals surface area (Å²) in [6.07, 6.45) is 8.01. The van der Waals surface area contributed by atoms with Crippen molar-refractivity contribution in [2.75, 3.05) is 13.2 Å². The van der Waals surface area contributed by atoms with Gasteiger partial charge in [0.2, 0.25) is 11.8 Å². The summed E-state index contributed by atoms with van der Waals surface area (Å²) in [6, 6.07) is 0.0217. The minimum absolute atomic E-state index is 0.0217. The normalized spacial score (nSPS) is 24.1. The van der Waals surface area contributed by atoms with Crippen molar-refractivity contribution in [1.29, 1.82) is 0 Å². The molecule has 2 amide bonds. The van der Waals surface area contributed by atoms with Crippen LogP contribution >= 0.6 is 0 Å². The monoisotopic (exact) mass is 467 g/mol. The molecular formula is C26H37N5O3. The predicted molar refractivity (Wildman–Crippen MR) is 132 cm³/mol. The topological polar surface area (TPSA) is 97.6 Å². The number of amides is 2. The number of aliphatic imine (C=N–C) groups is 1. The smallest absolute Gasteiger partial charge is 0.228 e. The van der Waals surface area contributed by atoms with Crippen LogP contribution in [0.25, 0.3) is 5.57 Å². The number of nitrogens with one attached hydrogen (secondary N) is 2. The molecule has 2 N–H and O–H groups in total. The van der Waals surface area contributed by atoms with Crippen LogP contribution in [0.2, 0.25) is 0 Å². The van der Waals surface area contributed by atoms with Gasteiger partial charge < -0.3 is 15.4 Å². The van der Waals surface area contributed by atoms with E-state index in [9.17, 15) is 9.59 Å². The number of ether oxygens (including phenoxy) is 1. The van der Waals surface area contributed by atoms with Gasteiger partial charge in [0.1, 0.15) is 5.82 Å². The first kappa shape index (κ1) is 24.4. The number of fused-ring (bicyclic) bond motifs is 1. The number of hydrogen-bond acceptors (Lipinski definition) is 5. The Kier molecular flexibility index (Phi) is 7.07. The number of allylic oxidation sites excluding steroid dienone is 3. The molecule has 4 rings (SSSR count). The van der Waals surface area contributed by atoms with Crippen LogP contribution < -0.4 is 10.6 Å². The van der Waals surface area contributed by atoms with E-state index in [0.29, 0.717) is 25.5 Å². The van der Waals surface area contributed by atoms with E-state index >= 15 is 0 Å². The van der Waals surface area contributed by atoms with Gasteiger partial charge in [-0.2, -0.15) is 5.10 Å². The standard InChI is InChI=1S/C26H37N5O3/c1-16(2)20(21-12-28-31-15-26(3,4)11-22(21)31)10-23(27-5)30-24(32)17-7-6-8-19(9-17)29-25(33)18-13-34-14-18/h10,12,17-19H,5-9,11,13-15H2,1-4H3,(H,29,33)(H,30,32)/b23-10+/t17-,19+/m0/s1. The summed E-state index contributed by atoms with van der Waals surface area (Å²) in [5.41, 5.74) is 4.62. The highest BCUT2D eigenvalue weighted by atomic mass is 16.5. The third-order valence-corrected chi connectivity index (χ3v) is 7.10. The molecule has 8 heteroatoms. The lowest BCUT2D eigenvalue weighted by molar-refractivity contribution is -0.140. The minimum Gasteiger partial charge on any atom is -0.380 e. The van der Waals surface area contributed by atoms with Crippen LogP contribution in [0.3, 0.4) is 0 Å². The molecule has 1 saturated carbocycles. The van der Waals surface area contributed by atoms with Gasteiger partial charge in [0.15, 0.2) is 0 Å². The van der Waals surface area contributed by atoms with Crippen molar-refractivity contribution in [1.82, 2.24) is 20.4 Å². The second kappa shape index (κ2) is 9.86. The molecule has 2 fully saturated rings. The zero-order chi connectivity index (χ0) is 24.5. The lowest BCUT2D eigenvalue weighted by Gasteiger charge is -2.32. The Morgan fingerprint density at radius 3 is 2.65 bits per heavy atom. The quantitative estimate of drug-likeness (QED) is 0.475. The van der Waals surface area contributed by atoms with Crippen molar-refractivity contribution in [3.05, 3.63) is 34.9 Å². The van der Waals surface area contributed by atoms with Gasteiger partial charge in [0, 0.05) is 29.8 Å². The second-order valence-electron chi connectivity index (χ2n) is 10.9. The molecule has 1 aromatic heterocycles. The Morgan fingerprint density at radius 1 is 1.24 bits per heavy atom. The molecule has 2 atom stereocenters. The SMILES string of the molecule is C=N/C(=C\C(=C(C)C)c1cnn2c1CC(C)(C)C2)NC(=O)[C@H]1CCC[C@@H](NC(=O)C2COC2)C1. The lowest BCUT2D eigenvalue weighted by Crippen LogP contribution is -2.48. The molecule has 2 aliphatic heterocycles. The largest absolute Gasteiger partial charge is 0.380 e. The van der Waals surface area contributed by atoms with Crippen LogP contribution in [0.15, 0.2) is 28.7 Å². The van der Waals surface area contributed by atoms with Gasteiger partial charge in [-0.1, -0.05) is 25.8 Å². The fourth-order valence-electron chi connectivity index (χ4n) is 5.12. The van der Waals surface area contributed by atoms with E-state index in [1.165, 1.54) is 5.69 Å². The molecule has 184 valence electrons. The maximum Gasteiger partial charge on any atom is 0.228 e. The van der Waals surface area contributed by atoms with E-state index in [1.54, 1.807) is 0 Å². The first-order valence-electron chi connectivity index (χ1n) is 12.3. The molecule has 1 aromatic rings. The van der Waals surface area contributed by atoms with Gasteiger partial charge in [0.25, 0.3) is 0 Å². The summed E-state index contributed by atoms with van der Waals surface area (Å²) in [6.45, 7) is 14.2. The first-order chi connectivity index (χ1) is 16.2.